The Labute approximate surface area is 72.4 Å². The van der Waals surface area contributed by atoms with Gasteiger partial charge in [-0.15, -0.1) is 0 Å². The minimum absolute atomic E-state index is 0.530. The van der Waals surface area contributed by atoms with Crippen LogP contribution in [0.15, 0.2) is 0 Å². The number of hydrogen-bond donors (Lipinski definition) is 0. The van der Waals surface area contributed by atoms with E-state index in [9.17, 15) is 0 Å². The molecule has 0 aromatic rings. The monoisotopic (exact) mass is 156 g/mol. The van der Waals surface area contributed by atoms with Crippen molar-refractivity contribution >= 4 is 0 Å². The van der Waals surface area contributed by atoms with E-state index in [4.69, 9.17) is 0 Å². The zero-order valence-corrected chi connectivity index (χ0v) is 8.91. The van der Waals surface area contributed by atoms with Gasteiger partial charge in [0.1, 0.15) is 0 Å². The van der Waals surface area contributed by atoms with Crippen LogP contribution >= 0.6 is 0 Å². The zero-order valence-electron chi connectivity index (χ0n) is 8.91. The van der Waals surface area contributed by atoms with Gasteiger partial charge in [0, 0.05) is 0 Å². The van der Waals surface area contributed by atoms with Crippen LogP contribution in [0.25, 0.3) is 0 Å². The van der Waals surface area contributed by atoms with Crippen molar-refractivity contribution in [2.24, 2.45) is 11.3 Å². The first kappa shape index (κ1) is 11.0. The fraction of sp³-hybridized carbons (Fsp3) is 1.00. The van der Waals surface area contributed by atoms with Crippen molar-refractivity contribution in [1.29, 1.82) is 0 Å². The van der Waals surface area contributed by atoms with Crippen LogP contribution in [0, 0.1) is 11.3 Å². The number of rotatable bonds is 4. The summed E-state index contributed by atoms with van der Waals surface area (Å²) in [5.41, 5.74) is 0.530. The van der Waals surface area contributed by atoms with Crippen molar-refractivity contribution in [3.8, 4) is 0 Å². The molecule has 0 rings (SSSR count). The van der Waals surface area contributed by atoms with E-state index in [0.29, 0.717) is 5.41 Å². The topological polar surface area (TPSA) is 0 Å². The van der Waals surface area contributed by atoms with Crippen molar-refractivity contribution in [1.82, 2.24) is 0 Å². The smallest absolute Gasteiger partial charge is 0.0383 e. The van der Waals surface area contributed by atoms with E-state index in [2.05, 4.69) is 34.6 Å². The maximum atomic E-state index is 2.37. The van der Waals surface area contributed by atoms with Gasteiger partial charge in [-0.05, 0) is 17.8 Å². The lowest BCUT2D eigenvalue weighted by Gasteiger charge is -2.20. The molecular formula is C11H24. The summed E-state index contributed by atoms with van der Waals surface area (Å²) < 4.78 is 0. The fourth-order valence-electron chi connectivity index (χ4n) is 1.32. The highest BCUT2D eigenvalue weighted by molar-refractivity contribution is 4.63. The van der Waals surface area contributed by atoms with Gasteiger partial charge in [-0.3, -0.25) is 0 Å². The molecule has 0 aliphatic carbocycles. The molecule has 11 heavy (non-hydrogen) atoms. The predicted octanol–water partition coefficient (Wildman–Crippen LogP) is 4.25. The molecule has 0 aliphatic rings. The van der Waals surface area contributed by atoms with Crippen LogP contribution in [0.3, 0.4) is 0 Å². The summed E-state index contributed by atoms with van der Waals surface area (Å²) in [6.45, 7) is 11.6. The Balaban J connectivity index is 3.38. The Hall–Kier alpha value is 0. The second-order valence-electron chi connectivity index (χ2n) is 4.99. The predicted molar refractivity (Wildman–Crippen MR) is 52.8 cm³/mol. The van der Waals surface area contributed by atoms with E-state index in [1.54, 1.807) is 0 Å². The van der Waals surface area contributed by atoms with Gasteiger partial charge in [-0.2, -0.15) is 0 Å². The lowest BCUT2D eigenvalue weighted by Crippen LogP contribution is -2.07. The van der Waals surface area contributed by atoms with Crippen molar-refractivity contribution in [3.05, 3.63) is 0 Å². The van der Waals surface area contributed by atoms with Gasteiger partial charge < -0.3 is 0 Å². The second kappa shape index (κ2) is 4.79. The minimum atomic E-state index is 0.530. The molecule has 0 saturated carbocycles. The SMILES string of the molecule is CCCC(C)CCC(C)(C)C. The zero-order chi connectivity index (χ0) is 8.91. The molecule has 0 saturated heterocycles. The molecule has 0 heteroatoms. The highest BCUT2D eigenvalue weighted by Crippen LogP contribution is 2.24. The molecular weight excluding hydrogens is 132 g/mol. The Bertz CT molecular complexity index is 86.7. The standard InChI is InChI=1S/C11H24/c1-6-7-10(2)8-9-11(3,4)5/h10H,6-9H2,1-5H3. The maximum absolute atomic E-state index is 2.37. The molecule has 1 unspecified atom stereocenters. The largest absolute Gasteiger partial charge is 0.0654 e. The summed E-state index contributed by atoms with van der Waals surface area (Å²) in [6.07, 6.45) is 5.51. The summed E-state index contributed by atoms with van der Waals surface area (Å²) in [4.78, 5) is 0. The molecule has 0 aromatic heterocycles. The lowest BCUT2D eigenvalue weighted by atomic mass is 9.86. The molecule has 0 nitrogen and oxygen atoms in total. The highest BCUT2D eigenvalue weighted by atomic mass is 14.2. The molecule has 0 heterocycles. The third-order valence-corrected chi connectivity index (χ3v) is 2.17. The third kappa shape index (κ3) is 7.90. The first-order chi connectivity index (χ1) is 4.95. The summed E-state index contributed by atoms with van der Waals surface area (Å²) in [6, 6.07) is 0. The molecule has 0 aliphatic heterocycles. The molecule has 68 valence electrons. The Morgan fingerprint density at radius 2 is 1.64 bits per heavy atom. The maximum Gasteiger partial charge on any atom is -0.0383 e. The van der Waals surface area contributed by atoms with Crippen molar-refractivity contribution < 1.29 is 0 Å². The van der Waals surface area contributed by atoms with Crippen LogP contribution in [0.1, 0.15) is 60.3 Å². The molecule has 0 fully saturated rings. The van der Waals surface area contributed by atoms with Crippen molar-refractivity contribution in [2.45, 2.75) is 60.3 Å². The van der Waals surface area contributed by atoms with Crippen LogP contribution in [0.4, 0.5) is 0 Å². The number of hydrogen-bond acceptors (Lipinski definition) is 0. The molecule has 0 bridgehead atoms. The molecule has 1 atom stereocenters. The van der Waals surface area contributed by atoms with Crippen molar-refractivity contribution in [2.75, 3.05) is 0 Å². The van der Waals surface area contributed by atoms with E-state index in [1.807, 2.05) is 0 Å². The Morgan fingerprint density at radius 1 is 1.09 bits per heavy atom. The first-order valence-electron chi connectivity index (χ1n) is 4.95. The van der Waals surface area contributed by atoms with E-state index >= 15 is 0 Å². The summed E-state index contributed by atoms with van der Waals surface area (Å²) in [5.74, 6) is 0.930. The normalized spacial score (nSPS) is 15.0. The van der Waals surface area contributed by atoms with Crippen LogP contribution in [0.5, 0.6) is 0 Å². The quantitative estimate of drug-likeness (QED) is 0.571. The van der Waals surface area contributed by atoms with E-state index in [0.717, 1.165) is 5.92 Å². The van der Waals surface area contributed by atoms with Gasteiger partial charge in [-0.25, -0.2) is 0 Å². The summed E-state index contributed by atoms with van der Waals surface area (Å²) in [7, 11) is 0. The second-order valence-corrected chi connectivity index (χ2v) is 4.99. The first-order valence-corrected chi connectivity index (χ1v) is 4.95. The summed E-state index contributed by atoms with van der Waals surface area (Å²) in [5, 5.41) is 0. The van der Waals surface area contributed by atoms with Crippen molar-refractivity contribution in [3.63, 3.8) is 0 Å². The van der Waals surface area contributed by atoms with Gasteiger partial charge in [-0.1, -0.05) is 53.9 Å². The third-order valence-electron chi connectivity index (χ3n) is 2.17. The van der Waals surface area contributed by atoms with Crippen LogP contribution in [-0.4, -0.2) is 0 Å². The van der Waals surface area contributed by atoms with Gasteiger partial charge >= 0.3 is 0 Å². The van der Waals surface area contributed by atoms with E-state index in [1.165, 1.54) is 25.7 Å². The van der Waals surface area contributed by atoms with Crippen LogP contribution in [-0.2, 0) is 0 Å². The Kier molecular flexibility index (Phi) is 4.79. The molecule has 0 spiro atoms. The average Bonchev–Trinajstić information content (AvgIpc) is 1.83. The molecule has 0 aromatic carbocycles. The van der Waals surface area contributed by atoms with Gasteiger partial charge in [0.2, 0.25) is 0 Å². The molecule has 0 radical (unpaired) electrons. The summed E-state index contributed by atoms with van der Waals surface area (Å²) >= 11 is 0. The van der Waals surface area contributed by atoms with Gasteiger partial charge in [0.15, 0.2) is 0 Å². The Morgan fingerprint density at radius 3 is 2.00 bits per heavy atom. The van der Waals surface area contributed by atoms with Crippen LogP contribution in [0.2, 0.25) is 0 Å². The van der Waals surface area contributed by atoms with E-state index < -0.39 is 0 Å². The lowest BCUT2D eigenvalue weighted by molar-refractivity contribution is 0.322. The van der Waals surface area contributed by atoms with Gasteiger partial charge in [0.05, 0.1) is 0 Å². The van der Waals surface area contributed by atoms with E-state index in [-0.39, 0.29) is 0 Å². The fourth-order valence-corrected chi connectivity index (χ4v) is 1.32. The van der Waals surface area contributed by atoms with Gasteiger partial charge in [0.25, 0.3) is 0 Å². The minimum Gasteiger partial charge on any atom is -0.0654 e. The average molecular weight is 156 g/mol. The van der Waals surface area contributed by atoms with Crippen LogP contribution < -0.4 is 0 Å². The highest BCUT2D eigenvalue weighted by Gasteiger charge is 2.11. The molecule has 0 N–H and O–H groups in total. The molecule has 0 amide bonds.